The van der Waals surface area contributed by atoms with Gasteiger partial charge in [0.15, 0.2) is 0 Å². The molecule has 0 aromatic rings. The summed E-state index contributed by atoms with van der Waals surface area (Å²) in [4.78, 5) is 2.40. The Morgan fingerprint density at radius 2 is 2.25 bits per heavy atom. The third-order valence-electron chi connectivity index (χ3n) is 2.26. The average Bonchev–Trinajstić information content (AvgIpc) is 1.81. The highest BCUT2D eigenvalue weighted by Gasteiger charge is 2.21. The van der Waals surface area contributed by atoms with E-state index in [0.717, 1.165) is 19.0 Å². The summed E-state index contributed by atoms with van der Waals surface area (Å²) in [5, 5.41) is 0. The van der Waals surface area contributed by atoms with Crippen LogP contribution in [0.3, 0.4) is 0 Å². The molecule has 2 atom stereocenters. The summed E-state index contributed by atoms with van der Waals surface area (Å²) in [6, 6.07) is 0.369. The quantitative estimate of drug-likeness (QED) is 0.628. The predicted molar refractivity (Wildman–Crippen MR) is 53.0 cm³/mol. The lowest BCUT2D eigenvalue weighted by Crippen LogP contribution is -2.46. The first kappa shape index (κ1) is 9.75. The van der Waals surface area contributed by atoms with E-state index in [4.69, 9.17) is 5.73 Å². The highest BCUT2D eigenvalue weighted by molar-refractivity contribution is 4.94. The molecule has 0 aliphatic carbocycles. The van der Waals surface area contributed by atoms with Crippen LogP contribution in [0.5, 0.6) is 0 Å². The molecule has 1 aliphatic heterocycles. The van der Waals surface area contributed by atoms with Crippen molar-refractivity contribution in [2.24, 2.45) is 11.7 Å². The second-order valence-corrected chi connectivity index (χ2v) is 4.25. The minimum absolute atomic E-state index is 0.369. The maximum Gasteiger partial charge on any atom is 0.0188 e. The van der Waals surface area contributed by atoms with E-state index < -0.39 is 0 Å². The summed E-state index contributed by atoms with van der Waals surface area (Å²) < 4.78 is 0. The molecule has 0 amide bonds. The van der Waals surface area contributed by atoms with Crippen LogP contribution in [0.2, 0.25) is 0 Å². The van der Waals surface area contributed by atoms with Crippen LogP contribution in [0, 0.1) is 5.92 Å². The van der Waals surface area contributed by atoms with E-state index in [9.17, 15) is 0 Å². The SMILES string of the molecule is C=C(C)CN1CC(C)CC(N)C1. The van der Waals surface area contributed by atoms with Gasteiger partial charge in [0.05, 0.1) is 0 Å². The molecule has 1 rings (SSSR count). The molecular weight excluding hydrogens is 148 g/mol. The molecule has 0 bridgehead atoms. The lowest BCUT2D eigenvalue weighted by atomic mass is 9.96. The van der Waals surface area contributed by atoms with Crippen molar-refractivity contribution in [2.45, 2.75) is 26.3 Å². The standard InChI is InChI=1S/C10H20N2/c1-8(2)5-12-6-9(3)4-10(11)7-12/h9-10H,1,4-7,11H2,2-3H3. The van der Waals surface area contributed by atoms with E-state index in [1.54, 1.807) is 0 Å². The van der Waals surface area contributed by atoms with Crippen molar-refractivity contribution in [3.8, 4) is 0 Å². The van der Waals surface area contributed by atoms with Crippen LogP contribution in [0.1, 0.15) is 20.3 Å². The molecule has 2 heteroatoms. The van der Waals surface area contributed by atoms with Gasteiger partial charge in [-0.2, -0.15) is 0 Å². The summed E-state index contributed by atoms with van der Waals surface area (Å²) >= 11 is 0. The molecule has 2 nitrogen and oxygen atoms in total. The van der Waals surface area contributed by atoms with Crippen LogP contribution < -0.4 is 5.73 Å². The molecule has 1 heterocycles. The topological polar surface area (TPSA) is 29.3 Å². The number of nitrogens with zero attached hydrogens (tertiary/aromatic N) is 1. The van der Waals surface area contributed by atoms with Crippen molar-refractivity contribution < 1.29 is 0 Å². The highest BCUT2D eigenvalue weighted by Crippen LogP contribution is 2.15. The molecule has 0 aromatic carbocycles. The maximum absolute atomic E-state index is 5.92. The maximum atomic E-state index is 5.92. The number of likely N-dealkylation sites (tertiary alicyclic amines) is 1. The Hall–Kier alpha value is -0.340. The monoisotopic (exact) mass is 168 g/mol. The molecule has 2 N–H and O–H groups in total. The summed E-state index contributed by atoms with van der Waals surface area (Å²) in [5.41, 5.74) is 7.15. The fraction of sp³-hybridized carbons (Fsp3) is 0.800. The fourth-order valence-electron chi connectivity index (χ4n) is 2.02. The van der Waals surface area contributed by atoms with Gasteiger partial charge < -0.3 is 5.73 Å². The van der Waals surface area contributed by atoms with Gasteiger partial charge in [0.2, 0.25) is 0 Å². The average molecular weight is 168 g/mol. The van der Waals surface area contributed by atoms with Gasteiger partial charge >= 0.3 is 0 Å². The number of nitrogens with two attached hydrogens (primary N) is 1. The lowest BCUT2D eigenvalue weighted by Gasteiger charge is -2.34. The highest BCUT2D eigenvalue weighted by atomic mass is 15.1. The molecular formula is C10H20N2. The second-order valence-electron chi connectivity index (χ2n) is 4.25. The van der Waals surface area contributed by atoms with Crippen LogP contribution in [0.15, 0.2) is 12.2 Å². The molecule has 0 aromatic heterocycles. The smallest absolute Gasteiger partial charge is 0.0188 e. The van der Waals surface area contributed by atoms with Crippen molar-refractivity contribution in [1.29, 1.82) is 0 Å². The molecule has 12 heavy (non-hydrogen) atoms. The van der Waals surface area contributed by atoms with Gasteiger partial charge in [0, 0.05) is 25.7 Å². The van der Waals surface area contributed by atoms with Crippen LogP contribution in [0.25, 0.3) is 0 Å². The normalized spacial score (nSPS) is 31.9. The minimum Gasteiger partial charge on any atom is -0.327 e. The Morgan fingerprint density at radius 1 is 1.58 bits per heavy atom. The van der Waals surface area contributed by atoms with Gasteiger partial charge in [0.25, 0.3) is 0 Å². The van der Waals surface area contributed by atoms with Crippen molar-refractivity contribution in [1.82, 2.24) is 4.90 Å². The number of piperidine rings is 1. The van der Waals surface area contributed by atoms with E-state index in [0.29, 0.717) is 6.04 Å². The van der Waals surface area contributed by atoms with Crippen LogP contribution in [-0.2, 0) is 0 Å². The van der Waals surface area contributed by atoms with Crippen molar-refractivity contribution >= 4 is 0 Å². The molecule has 0 spiro atoms. The molecule has 2 unspecified atom stereocenters. The zero-order valence-corrected chi connectivity index (χ0v) is 8.21. The Labute approximate surface area is 75.4 Å². The van der Waals surface area contributed by atoms with E-state index in [-0.39, 0.29) is 0 Å². The van der Waals surface area contributed by atoms with E-state index >= 15 is 0 Å². The molecule has 0 radical (unpaired) electrons. The van der Waals surface area contributed by atoms with Gasteiger partial charge in [0.1, 0.15) is 0 Å². The summed E-state index contributed by atoms with van der Waals surface area (Å²) in [5.74, 6) is 0.744. The van der Waals surface area contributed by atoms with Gasteiger partial charge in [-0.3, -0.25) is 4.90 Å². The molecule has 0 saturated carbocycles. The number of rotatable bonds is 2. The zero-order chi connectivity index (χ0) is 9.14. The van der Waals surface area contributed by atoms with E-state index in [1.165, 1.54) is 18.5 Å². The van der Waals surface area contributed by atoms with Crippen LogP contribution in [-0.4, -0.2) is 30.6 Å². The lowest BCUT2D eigenvalue weighted by molar-refractivity contribution is 0.178. The van der Waals surface area contributed by atoms with Crippen LogP contribution >= 0.6 is 0 Å². The number of hydrogen-bond acceptors (Lipinski definition) is 2. The Morgan fingerprint density at radius 3 is 2.75 bits per heavy atom. The largest absolute Gasteiger partial charge is 0.327 e. The van der Waals surface area contributed by atoms with Crippen LogP contribution in [0.4, 0.5) is 0 Å². The first-order valence-electron chi connectivity index (χ1n) is 4.70. The third kappa shape index (κ3) is 2.95. The fourth-order valence-corrected chi connectivity index (χ4v) is 2.02. The van der Waals surface area contributed by atoms with Gasteiger partial charge in [-0.1, -0.05) is 19.1 Å². The molecule has 1 aliphatic rings. The predicted octanol–water partition coefficient (Wildman–Crippen LogP) is 1.23. The summed E-state index contributed by atoms with van der Waals surface area (Å²) in [7, 11) is 0. The molecule has 1 saturated heterocycles. The van der Waals surface area contributed by atoms with E-state index in [1.807, 2.05) is 0 Å². The summed E-state index contributed by atoms with van der Waals surface area (Å²) in [6.07, 6.45) is 1.17. The Balaban J connectivity index is 2.38. The minimum atomic E-state index is 0.369. The molecule has 1 fully saturated rings. The Kier molecular flexibility index (Phi) is 3.29. The third-order valence-corrected chi connectivity index (χ3v) is 2.26. The van der Waals surface area contributed by atoms with Crippen molar-refractivity contribution in [3.05, 3.63) is 12.2 Å². The van der Waals surface area contributed by atoms with Gasteiger partial charge in [-0.05, 0) is 19.3 Å². The van der Waals surface area contributed by atoms with Gasteiger partial charge in [-0.15, -0.1) is 0 Å². The van der Waals surface area contributed by atoms with Gasteiger partial charge in [-0.25, -0.2) is 0 Å². The summed E-state index contributed by atoms with van der Waals surface area (Å²) in [6.45, 7) is 11.5. The van der Waals surface area contributed by atoms with E-state index in [2.05, 4.69) is 25.3 Å². The Bertz CT molecular complexity index is 155. The van der Waals surface area contributed by atoms with Crippen molar-refractivity contribution in [3.63, 3.8) is 0 Å². The van der Waals surface area contributed by atoms with Crippen molar-refractivity contribution in [2.75, 3.05) is 19.6 Å². The second kappa shape index (κ2) is 4.06. The first-order chi connectivity index (χ1) is 5.58. The number of hydrogen-bond donors (Lipinski definition) is 1. The molecule has 70 valence electrons. The first-order valence-corrected chi connectivity index (χ1v) is 4.70. The zero-order valence-electron chi connectivity index (χ0n) is 8.21.